The molecule has 0 heterocycles. The zero-order chi connectivity index (χ0) is 13.8. The highest BCUT2D eigenvalue weighted by molar-refractivity contribution is 7.92. The van der Waals surface area contributed by atoms with E-state index in [0.29, 0.717) is 5.75 Å². The Labute approximate surface area is 107 Å². The Kier molecular flexibility index (Phi) is 4.72. The van der Waals surface area contributed by atoms with Gasteiger partial charge in [0.05, 0.1) is 18.1 Å². The normalized spacial score (nSPS) is 11.3. The van der Waals surface area contributed by atoms with Gasteiger partial charge in [-0.2, -0.15) is 0 Å². The number of hydrogen-bond donors (Lipinski definition) is 0. The molecule has 6 heteroatoms. The van der Waals surface area contributed by atoms with Gasteiger partial charge in [-0.15, -0.1) is 0 Å². The van der Waals surface area contributed by atoms with Crippen molar-refractivity contribution in [3.05, 3.63) is 24.3 Å². The zero-order valence-corrected chi connectivity index (χ0v) is 11.4. The van der Waals surface area contributed by atoms with E-state index in [2.05, 4.69) is 0 Å². The summed E-state index contributed by atoms with van der Waals surface area (Å²) in [5.74, 6) is -0.850. The highest BCUT2D eigenvalue weighted by Crippen LogP contribution is 2.16. The topological polar surface area (TPSA) is 69.7 Å². The van der Waals surface area contributed by atoms with Crippen molar-refractivity contribution in [1.82, 2.24) is 0 Å². The molecular formula is C12H16O5S. The van der Waals surface area contributed by atoms with E-state index >= 15 is 0 Å². The Morgan fingerprint density at radius 2 is 1.78 bits per heavy atom. The van der Waals surface area contributed by atoms with E-state index in [4.69, 9.17) is 9.47 Å². The summed E-state index contributed by atoms with van der Waals surface area (Å²) in [6, 6.07) is 5.86. The first-order chi connectivity index (χ1) is 8.35. The van der Waals surface area contributed by atoms with Crippen LogP contribution in [0.3, 0.4) is 0 Å². The van der Waals surface area contributed by atoms with Crippen LogP contribution >= 0.6 is 0 Å². The van der Waals surface area contributed by atoms with Gasteiger partial charge in [0.25, 0.3) is 0 Å². The van der Waals surface area contributed by atoms with Crippen LogP contribution in [-0.4, -0.2) is 33.4 Å². The summed E-state index contributed by atoms with van der Waals surface area (Å²) >= 11 is 0. The number of rotatable bonds is 5. The first-order valence-corrected chi connectivity index (χ1v) is 7.06. The quantitative estimate of drug-likeness (QED) is 0.758. The van der Waals surface area contributed by atoms with Crippen LogP contribution in [0, 0.1) is 0 Å². The molecule has 0 saturated heterocycles. The van der Waals surface area contributed by atoms with Gasteiger partial charge >= 0.3 is 5.97 Å². The number of hydrogen-bond acceptors (Lipinski definition) is 5. The summed E-state index contributed by atoms with van der Waals surface area (Å²) in [4.78, 5) is 11.4. The van der Waals surface area contributed by atoms with Gasteiger partial charge in [-0.25, -0.2) is 8.42 Å². The van der Waals surface area contributed by atoms with Gasteiger partial charge in [0.2, 0.25) is 0 Å². The van der Waals surface area contributed by atoms with Crippen LogP contribution in [-0.2, 0) is 19.4 Å². The van der Waals surface area contributed by atoms with Crippen LogP contribution in [0.1, 0.15) is 13.8 Å². The Morgan fingerprint density at radius 1 is 1.22 bits per heavy atom. The van der Waals surface area contributed by atoms with Crippen LogP contribution < -0.4 is 4.74 Å². The molecule has 0 N–H and O–H groups in total. The van der Waals surface area contributed by atoms with Gasteiger partial charge in [0.1, 0.15) is 5.75 Å². The third-order valence-electron chi connectivity index (χ3n) is 2.09. The number of carbonyl (C=O) groups excluding carboxylic acids is 1. The Morgan fingerprint density at radius 3 is 2.22 bits per heavy atom. The van der Waals surface area contributed by atoms with Crippen LogP contribution in [0.4, 0.5) is 0 Å². The second-order valence-corrected chi connectivity index (χ2v) is 5.96. The lowest BCUT2D eigenvalue weighted by atomic mass is 10.3. The van der Waals surface area contributed by atoms with Gasteiger partial charge in [0.15, 0.2) is 15.6 Å². The van der Waals surface area contributed by atoms with Crippen molar-refractivity contribution in [3.63, 3.8) is 0 Å². The van der Waals surface area contributed by atoms with Crippen LogP contribution in [0.15, 0.2) is 29.2 Å². The second-order valence-electron chi connectivity index (χ2n) is 3.97. The molecule has 0 amide bonds. The fourth-order valence-corrected chi connectivity index (χ4v) is 2.41. The smallest absolute Gasteiger partial charge is 0.321 e. The van der Waals surface area contributed by atoms with Crippen molar-refractivity contribution in [2.75, 3.05) is 12.9 Å². The van der Waals surface area contributed by atoms with Crippen LogP contribution in [0.2, 0.25) is 0 Å². The maximum atomic E-state index is 11.9. The van der Waals surface area contributed by atoms with E-state index in [1.807, 2.05) is 0 Å². The van der Waals surface area contributed by atoms with Crippen molar-refractivity contribution in [3.8, 4) is 5.75 Å². The molecule has 18 heavy (non-hydrogen) atoms. The summed E-state index contributed by atoms with van der Waals surface area (Å²) in [5, 5.41) is 0. The molecule has 0 spiro atoms. The summed E-state index contributed by atoms with van der Waals surface area (Å²) in [7, 11) is -2.17. The van der Waals surface area contributed by atoms with Gasteiger partial charge < -0.3 is 9.47 Å². The SMILES string of the molecule is COc1ccc(S(=O)(=O)CC(=O)OC(C)C)cc1. The van der Waals surface area contributed by atoms with Gasteiger partial charge in [0, 0.05) is 0 Å². The maximum Gasteiger partial charge on any atom is 0.321 e. The lowest BCUT2D eigenvalue weighted by Gasteiger charge is -2.08. The van der Waals surface area contributed by atoms with E-state index in [1.54, 1.807) is 13.8 Å². The fourth-order valence-electron chi connectivity index (χ4n) is 1.32. The molecule has 0 aliphatic heterocycles. The number of sulfone groups is 1. The number of carbonyl (C=O) groups is 1. The lowest BCUT2D eigenvalue weighted by molar-refractivity contribution is -0.144. The molecular weight excluding hydrogens is 256 g/mol. The number of ether oxygens (including phenoxy) is 2. The Balaban J connectivity index is 2.82. The van der Waals surface area contributed by atoms with Crippen molar-refractivity contribution in [2.24, 2.45) is 0 Å². The average molecular weight is 272 g/mol. The average Bonchev–Trinajstić information content (AvgIpc) is 2.27. The highest BCUT2D eigenvalue weighted by Gasteiger charge is 2.21. The van der Waals surface area contributed by atoms with Crippen molar-refractivity contribution < 1.29 is 22.7 Å². The van der Waals surface area contributed by atoms with Gasteiger partial charge in [-0.3, -0.25) is 4.79 Å². The first-order valence-electron chi connectivity index (χ1n) is 5.41. The highest BCUT2D eigenvalue weighted by atomic mass is 32.2. The zero-order valence-electron chi connectivity index (χ0n) is 10.5. The van der Waals surface area contributed by atoms with Crippen molar-refractivity contribution in [2.45, 2.75) is 24.8 Å². The standard InChI is InChI=1S/C12H16O5S/c1-9(2)17-12(13)8-18(14,15)11-6-4-10(16-3)5-7-11/h4-7,9H,8H2,1-3H3. The van der Waals surface area contributed by atoms with Crippen LogP contribution in [0.25, 0.3) is 0 Å². The largest absolute Gasteiger partial charge is 0.497 e. The molecule has 0 saturated carbocycles. The molecule has 1 aromatic carbocycles. The third-order valence-corrected chi connectivity index (χ3v) is 3.70. The lowest BCUT2D eigenvalue weighted by Crippen LogP contribution is -2.21. The molecule has 0 radical (unpaired) electrons. The first kappa shape index (κ1) is 14.5. The van der Waals surface area contributed by atoms with E-state index < -0.39 is 21.6 Å². The minimum absolute atomic E-state index is 0.0732. The molecule has 0 aliphatic rings. The van der Waals surface area contributed by atoms with Crippen LogP contribution in [0.5, 0.6) is 5.75 Å². The Bertz CT molecular complexity index is 502. The molecule has 1 aromatic rings. The number of esters is 1. The van der Waals surface area contributed by atoms with Gasteiger partial charge in [-0.05, 0) is 38.1 Å². The Hall–Kier alpha value is -1.56. The molecule has 0 bridgehead atoms. The summed E-state index contributed by atoms with van der Waals surface area (Å²) in [6.45, 7) is 3.33. The summed E-state index contributed by atoms with van der Waals surface area (Å²) in [5.41, 5.74) is 0. The number of benzene rings is 1. The fraction of sp³-hybridized carbons (Fsp3) is 0.417. The van der Waals surface area contributed by atoms with Gasteiger partial charge in [-0.1, -0.05) is 0 Å². The van der Waals surface area contributed by atoms with Crippen molar-refractivity contribution >= 4 is 15.8 Å². The van der Waals surface area contributed by atoms with E-state index in [-0.39, 0.29) is 11.0 Å². The molecule has 0 unspecified atom stereocenters. The summed E-state index contributed by atoms with van der Waals surface area (Å²) < 4.78 is 33.5. The molecule has 100 valence electrons. The second kappa shape index (κ2) is 5.86. The monoisotopic (exact) mass is 272 g/mol. The molecule has 5 nitrogen and oxygen atoms in total. The summed E-state index contributed by atoms with van der Waals surface area (Å²) in [6.07, 6.45) is -0.330. The molecule has 0 aromatic heterocycles. The molecule has 0 atom stereocenters. The third kappa shape index (κ3) is 4.03. The van der Waals surface area contributed by atoms with E-state index in [0.717, 1.165) is 0 Å². The minimum Gasteiger partial charge on any atom is -0.497 e. The van der Waals surface area contributed by atoms with Crippen molar-refractivity contribution in [1.29, 1.82) is 0 Å². The predicted octanol–water partition coefficient (Wildman–Crippen LogP) is 1.42. The molecule has 0 fully saturated rings. The maximum absolute atomic E-state index is 11.9. The van der Waals surface area contributed by atoms with E-state index in [1.165, 1.54) is 31.4 Å². The minimum atomic E-state index is -3.66. The number of methoxy groups -OCH3 is 1. The van der Waals surface area contributed by atoms with E-state index in [9.17, 15) is 13.2 Å². The predicted molar refractivity (Wildman–Crippen MR) is 66.3 cm³/mol. The molecule has 1 rings (SSSR count). The molecule has 0 aliphatic carbocycles.